The van der Waals surface area contributed by atoms with Crippen LogP contribution in [0.25, 0.3) is 10.8 Å². The van der Waals surface area contributed by atoms with Crippen molar-refractivity contribution in [2.24, 2.45) is 5.84 Å². The third kappa shape index (κ3) is 1.97. The van der Waals surface area contributed by atoms with Crippen LogP contribution in [0.15, 0.2) is 6.20 Å². The molecule has 0 fully saturated rings. The molecular formula is C8H7ClFN5S. The average molecular weight is 260 g/mol. The molecule has 0 spiro atoms. The number of aromatic nitrogens is 3. The van der Waals surface area contributed by atoms with Crippen LogP contribution in [-0.2, 0) is 0 Å². The summed E-state index contributed by atoms with van der Waals surface area (Å²) in [6.45, 7) is 1.52. The number of nitrogen functional groups attached to an aromatic ring is 1. The van der Waals surface area contributed by atoms with Crippen molar-refractivity contribution < 1.29 is 4.39 Å². The predicted octanol–water partition coefficient (Wildman–Crippen LogP) is 1.99. The molecule has 0 saturated carbocycles. The van der Waals surface area contributed by atoms with Gasteiger partial charge in [0.15, 0.2) is 22.5 Å². The third-order valence-corrected chi connectivity index (χ3v) is 2.93. The number of aryl methyl sites for hydroxylation is 1. The SMILES string of the molecule is Cc1nc(-c2ncc(Cl)s2)nc(NN)c1F. The maximum Gasteiger partial charge on any atom is 0.191 e. The van der Waals surface area contributed by atoms with E-state index in [2.05, 4.69) is 20.4 Å². The zero-order chi connectivity index (χ0) is 11.7. The smallest absolute Gasteiger partial charge is 0.191 e. The van der Waals surface area contributed by atoms with Gasteiger partial charge in [-0.1, -0.05) is 22.9 Å². The number of anilines is 1. The molecule has 0 atom stereocenters. The topological polar surface area (TPSA) is 76.7 Å². The molecule has 2 heterocycles. The summed E-state index contributed by atoms with van der Waals surface area (Å²) in [5, 5.41) is 0.518. The summed E-state index contributed by atoms with van der Waals surface area (Å²) in [5.74, 6) is 4.81. The van der Waals surface area contributed by atoms with E-state index in [9.17, 15) is 4.39 Å². The molecule has 16 heavy (non-hydrogen) atoms. The van der Waals surface area contributed by atoms with E-state index in [0.29, 0.717) is 15.2 Å². The van der Waals surface area contributed by atoms with Crippen molar-refractivity contribution in [1.29, 1.82) is 0 Å². The Hall–Kier alpha value is -1.31. The molecule has 8 heteroatoms. The van der Waals surface area contributed by atoms with Gasteiger partial charge in [-0.3, -0.25) is 0 Å². The van der Waals surface area contributed by atoms with Crippen molar-refractivity contribution in [2.75, 3.05) is 5.43 Å². The number of nitrogens with two attached hydrogens (primary N) is 1. The Morgan fingerprint density at radius 1 is 1.50 bits per heavy atom. The van der Waals surface area contributed by atoms with Crippen molar-refractivity contribution in [3.63, 3.8) is 0 Å². The van der Waals surface area contributed by atoms with E-state index in [-0.39, 0.29) is 11.5 Å². The fraction of sp³-hybridized carbons (Fsp3) is 0.125. The normalized spacial score (nSPS) is 10.5. The number of hydrogen-bond acceptors (Lipinski definition) is 6. The highest BCUT2D eigenvalue weighted by molar-refractivity contribution is 7.18. The van der Waals surface area contributed by atoms with Gasteiger partial charge in [0.2, 0.25) is 0 Å². The molecule has 5 nitrogen and oxygen atoms in total. The second-order valence-electron chi connectivity index (χ2n) is 2.91. The maximum atomic E-state index is 13.4. The molecular weight excluding hydrogens is 253 g/mol. The van der Waals surface area contributed by atoms with E-state index in [1.165, 1.54) is 24.5 Å². The minimum absolute atomic E-state index is 0.0613. The monoisotopic (exact) mass is 259 g/mol. The van der Waals surface area contributed by atoms with E-state index < -0.39 is 5.82 Å². The Kier molecular flexibility index (Phi) is 2.99. The van der Waals surface area contributed by atoms with Gasteiger partial charge in [-0.25, -0.2) is 25.2 Å². The summed E-state index contributed by atoms with van der Waals surface area (Å²) in [5.41, 5.74) is 2.37. The van der Waals surface area contributed by atoms with Gasteiger partial charge in [-0.15, -0.1) is 0 Å². The molecule has 0 aliphatic heterocycles. The molecule has 84 valence electrons. The van der Waals surface area contributed by atoms with Crippen LogP contribution in [0.5, 0.6) is 0 Å². The van der Waals surface area contributed by atoms with Crippen LogP contribution in [-0.4, -0.2) is 15.0 Å². The zero-order valence-electron chi connectivity index (χ0n) is 8.16. The predicted molar refractivity (Wildman–Crippen MR) is 60.7 cm³/mol. The summed E-state index contributed by atoms with van der Waals surface area (Å²) in [7, 11) is 0. The molecule has 0 aliphatic rings. The molecule has 2 aromatic rings. The summed E-state index contributed by atoms with van der Waals surface area (Å²) >= 11 is 6.95. The Balaban J connectivity index is 2.54. The highest BCUT2D eigenvalue weighted by Gasteiger charge is 2.13. The number of nitrogens with zero attached hydrogens (tertiary/aromatic N) is 3. The largest absolute Gasteiger partial charge is 0.306 e. The maximum absolute atomic E-state index is 13.4. The second kappa shape index (κ2) is 4.28. The van der Waals surface area contributed by atoms with Gasteiger partial charge < -0.3 is 5.43 Å². The lowest BCUT2D eigenvalue weighted by atomic mass is 10.4. The quantitative estimate of drug-likeness (QED) is 0.637. The zero-order valence-corrected chi connectivity index (χ0v) is 9.73. The van der Waals surface area contributed by atoms with E-state index in [1.807, 2.05) is 0 Å². The molecule has 0 bridgehead atoms. The fourth-order valence-electron chi connectivity index (χ4n) is 1.11. The van der Waals surface area contributed by atoms with E-state index in [0.717, 1.165) is 0 Å². The molecule has 2 aromatic heterocycles. The highest BCUT2D eigenvalue weighted by Crippen LogP contribution is 2.27. The van der Waals surface area contributed by atoms with Crippen LogP contribution in [0.3, 0.4) is 0 Å². The van der Waals surface area contributed by atoms with Crippen LogP contribution in [0.2, 0.25) is 4.34 Å². The number of hydrogen-bond donors (Lipinski definition) is 2. The lowest BCUT2D eigenvalue weighted by Crippen LogP contribution is -2.12. The second-order valence-corrected chi connectivity index (χ2v) is 4.57. The minimum Gasteiger partial charge on any atom is -0.306 e. The van der Waals surface area contributed by atoms with Gasteiger partial charge >= 0.3 is 0 Å². The first-order valence-electron chi connectivity index (χ1n) is 4.24. The first-order valence-corrected chi connectivity index (χ1v) is 5.43. The van der Waals surface area contributed by atoms with Crippen LogP contribution in [0, 0.1) is 12.7 Å². The van der Waals surface area contributed by atoms with Crippen LogP contribution < -0.4 is 11.3 Å². The number of nitrogens with one attached hydrogen (secondary N) is 1. The van der Waals surface area contributed by atoms with Crippen LogP contribution in [0.4, 0.5) is 10.2 Å². The number of halogens is 2. The molecule has 0 unspecified atom stereocenters. The van der Waals surface area contributed by atoms with Crippen molar-refractivity contribution in [2.45, 2.75) is 6.92 Å². The molecule has 3 N–H and O–H groups in total. The van der Waals surface area contributed by atoms with Crippen molar-refractivity contribution in [1.82, 2.24) is 15.0 Å². The van der Waals surface area contributed by atoms with Gasteiger partial charge in [0, 0.05) is 0 Å². The molecule has 0 amide bonds. The van der Waals surface area contributed by atoms with Crippen molar-refractivity contribution in [3.8, 4) is 10.8 Å². The highest BCUT2D eigenvalue weighted by atomic mass is 35.5. The third-order valence-electron chi connectivity index (χ3n) is 1.82. The lowest BCUT2D eigenvalue weighted by Gasteiger charge is -2.04. The number of hydrazine groups is 1. The Morgan fingerprint density at radius 3 is 2.81 bits per heavy atom. The van der Waals surface area contributed by atoms with Gasteiger partial charge in [-0.05, 0) is 6.92 Å². The molecule has 0 aromatic carbocycles. The fourth-order valence-corrected chi connectivity index (χ4v) is 1.95. The summed E-state index contributed by atoms with van der Waals surface area (Å²) in [6, 6.07) is 0. The molecule has 2 rings (SSSR count). The summed E-state index contributed by atoms with van der Waals surface area (Å²) in [6.07, 6.45) is 1.49. The van der Waals surface area contributed by atoms with Gasteiger partial charge in [0.25, 0.3) is 0 Å². The first kappa shape index (κ1) is 11.2. The van der Waals surface area contributed by atoms with Gasteiger partial charge in [0.05, 0.1) is 11.9 Å². The number of rotatable bonds is 2. The first-order chi connectivity index (χ1) is 7.61. The lowest BCUT2D eigenvalue weighted by molar-refractivity contribution is 0.606. The van der Waals surface area contributed by atoms with Crippen molar-refractivity contribution in [3.05, 3.63) is 22.0 Å². The molecule has 0 radical (unpaired) electrons. The van der Waals surface area contributed by atoms with Crippen LogP contribution >= 0.6 is 22.9 Å². The van der Waals surface area contributed by atoms with Crippen molar-refractivity contribution >= 4 is 28.8 Å². The Morgan fingerprint density at radius 2 is 2.25 bits per heavy atom. The van der Waals surface area contributed by atoms with Gasteiger partial charge in [-0.2, -0.15) is 0 Å². The van der Waals surface area contributed by atoms with E-state index >= 15 is 0 Å². The Bertz CT molecular complexity index is 529. The van der Waals surface area contributed by atoms with E-state index in [1.54, 1.807) is 0 Å². The van der Waals surface area contributed by atoms with Crippen LogP contribution in [0.1, 0.15) is 5.69 Å². The summed E-state index contributed by atoms with van der Waals surface area (Å²) < 4.78 is 13.9. The summed E-state index contributed by atoms with van der Waals surface area (Å²) in [4.78, 5) is 11.9. The molecule has 0 aliphatic carbocycles. The van der Waals surface area contributed by atoms with E-state index in [4.69, 9.17) is 17.4 Å². The standard InChI is InChI=1S/C8H7ClFN5S/c1-3-5(10)6(15-11)14-7(13-3)8-12-2-4(9)16-8/h2H,11H2,1H3,(H,13,14,15). The molecule has 0 saturated heterocycles. The number of thiazole rings is 1. The minimum atomic E-state index is -0.575. The average Bonchev–Trinajstić information content (AvgIpc) is 2.69. The Labute approximate surface area is 99.5 Å². The van der Waals surface area contributed by atoms with Gasteiger partial charge in [0.1, 0.15) is 4.34 Å².